The number of aromatic nitrogens is 4. The Hall–Kier alpha value is -9.36. The third-order valence-electron chi connectivity index (χ3n) is 15.3. The minimum Gasteiger partial charge on any atom is -0.508 e. The summed E-state index contributed by atoms with van der Waals surface area (Å²) in [5.74, 6) is -4.60. The molecule has 2 aromatic heterocycles. The number of benzene rings is 3. The van der Waals surface area contributed by atoms with Crippen molar-refractivity contribution >= 4 is 69.8 Å². The van der Waals surface area contributed by atoms with Gasteiger partial charge in [-0.05, 0) is 78.6 Å². The van der Waals surface area contributed by atoms with Gasteiger partial charge in [-0.3, -0.25) is 52.7 Å². The molecule has 1 aliphatic heterocycles. The number of nitrogens with one attached hydrogen (secondary N) is 8. The van der Waals surface area contributed by atoms with E-state index in [0.29, 0.717) is 80.7 Å². The zero-order valence-electron chi connectivity index (χ0n) is 49.3. The molecule has 460 valence electrons. The molecule has 7 rings (SSSR count). The third kappa shape index (κ3) is 17.4. The molecule has 1 fully saturated rings. The highest BCUT2D eigenvalue weighted by Crippen LogP contribution is 2.31. The highest BCUT2D eigenvalue weighted by molar-refractivity contribution is 5.97. The van der Waals surface area contributed by atoms with Gasteiger partial charge in [-0.25, -0.2) is 9.97 Å². The summed E-state index contributed by atoms with van der Waals surface area (Å²) in [6.07, 6.45) is 6.87. The minimum atomic E-state index is -1.37. The minimum absolute atomic E-state index is 0.0126. The number of carbonyl (C=O) groups is 8. The molecular formula is C60H80N16O10. The molecule has 2 aliphatic rings. The van der Waals surface area contributed by atoms with Crippen LogP contribution in [0.5, 0.6) is 5.75 Å². The lowest BCUT2D eigenvalue weighted by Crippen LogP contribution is -2.63. The van der Waals surface area contributed by atoms with Crippen molar-refractivity contribution in [1.29, 1.82) is 0 Å². The number of aliphatic imine (C=N–C) groups is 1. The zero-order valence-corrected chi connectivity index (χ0v) is 49.3. The van der Waals surface area contributed by atoms with E-state index in [1.807, 2.05) is 56.0 Å². The van der Waals surface area contributed by atoms with Gasteiger partial charge in [-0.2, -0.15) is 0 Å². The van der Waals surface area contributed by atoms with E-state index in [-0.39, 0.29) is 67.1 Å². The molecule has 13 N–H and O–H groups in total. The Labute approximate surface area is 498 Å². The van der Waals surface area contributed by atoms with E-state index in [2.05, 4.69) is 57.2 Å². The van der Waals surface area contributed by atoms with Gasteiger partial charge in [0.15, 0.2) is 5.96 Å². The van der Waals surface area contributed by atoms with Gasteiger partial charge in [0.25, 0.3) is 5.56 Å². The first-order valence-corrected chi connectivity index (χ1v) is 29.1. The van der Waals surface area contributed by atoms with Crippen molar-refractivity contribution in [2.75, 3.05) is 44.7 Å². The SMILES string of the molecule is CCCC[C@H](NC(=O)C1(NC(C)=O)Cc2ccccc2C1)C(=O)N1CCN(c2ccc3ncn(CC(=O)N[C@@H](CCCN=C(N)N)C(=O)N[C@@H](Cc4cnc[nH]4)C(=O)N[C@@H](Cc4ccc(O)cc4)C(=O)N[C@@H](CC(C)C)C(=O)NC)c(=O)c3c2)CC1. The molecule has 1 aliphatic carbocycles. The summed E-state index contributed by atoms with van der Waals surface area (Å²) in [6, 6.07) is 13.2. The van der Waals surface area contributed by atoms with E-state index in [4.69, 9.17) is 11.5 Å². The van der Waals surface area contributed by atoms with Gasteiger partial charge in [-0.15, -0.1) is 0 Å². The number of fused-ring (bicyclic) bond motifs is 2. The number of unbranched alkanes of at least 4 members (excludes halogenated alkanes) is 1. The third-order valence-corrected chi connectivity index (χ3v) is 15.3. The maximum absolute atomic E-state index is 14.5. The molecule has 0 bridgehead atoms. The first kappa shape index (κ1) is 64.2. The number of piperazine rings is 1. The van der Waals surface area contributed by atoms with Crippen molar-refractivity contribution in [1.82, 2.24) is 61.6 Å². The van der Waals surface area contributed by atoms with Gasteiger partial charge in [0.05, 0.1) is 23.6 Å². The summed E-state index contributed by atoms with van der Waals surface area (Å²) in [5, 5.41) is 29.6. The summed E-state index contributed by atoms with van der Waals surface area (Å²) >= 11 is 0. The number of carbonyl (C=O) groups excluding carboxylic acids is 8. The first-order chi connectivity index (χ1) is 41.1. The fourth-order valence-corrected chi connectivity index (χ4v) is 10.8. The number of hydrogen-bond donors (Lipinski definition) is 11. The van der Waals surface area contributed by atoms with Gasteiger partial charge < -0.3 is 68.6 Å². The van der Waals surface area contributed by atoms with Gasteiger partial charge in [0, 0.05) is 90.0 Å². The van der Waals surface area contributed by atoms with Gasteiger partial charge in [0.2, 0.25) is 47.3 Å². The quantitative estimate of drug-likeness (QED) is 0.0180. The lowest BCUT2D eigenvalue weighted by Gasteiger charge is -2.38. The molecule has 26 heteroatoms. The van der Waals surface area contributed by atoms with Gasteiger partial charge in [-0.1, -0.05) is 70.0 Å². The molecule has 0 spiro atoms. The standard InChI is InChI=1S/C60H80N16O10/c1-6-7-13-47(72-58(86)60(73-37(4)77)30-39-11-8-9-12-40(39)31-60)57(85)75-24-22-74(23-25-75)42-17-20-45-44(29-42)56(84)76(35-67-45)33-51(79)68-46(14-10-21-65-59(61)62)53(81)71-50(28-41-32-64-34-66-41)55(83)70-49(27-38-15-18-43(78)19-16-38)54(82)69-48(26-36(2)3)52(80)63-5/h8-9,11-12,15-20,29,32,34-36,46-50,78H,6-7,10,13-14,21-28,30-31,33H2,1-5H3,(H,63,80)(H,64,66)(H,68,79)(H,69,82)(H,70,83)(H,71,81)(H,72,86)(H,73,77)(H4,61,62,65)/t46-,47-,48-,49-,50-/m0/s1. The number of anilines is 1. The number of rotatable bonds is 28. The molecule has 0 unspecified atom stereocenters. The van der Waals surface area contributed by atoms with Crippen LogP contribution in [0.3, 0.4) is 0 Å². The fraction of sp³-hybridized carbons (Fsp3) is 0.467. The van der Waals surface area contributed by atoms with Crippen molar-refractivity contribution in [3.05, 3.63) is 118 Å². The number of aromatic amines is 1. The predicted molar refractivity (Wildman–Crippen MR) is 322 cm³/mol. The molecule has 5 aromatic rings. The highest BCUT2D eigenvalue weighted by atomic mass is 16.3. The Morgan fingerprint density at radius 3 is 2.01 bits per heavy atom. The summed E-state index contributed by atoms with van der Waals surface area (Å²) < 4.78 is 1.11. The molecule has 0 radical (unpaired) electrons. The van der Waals surface area contributed by atoms with Crippen LogP contribution in [-0.4, -0.2) is 158 Å². The number of phenols is 1. The van der Waals surface area contributed by atoms with E-state index < -0.39 is 83.3 Å². The fourth-order valence-electron chi connectivity index (χ4n) is 10.8. The topological polar surface area (TPSA) is 375 Å². The first-order valence-electron chi connectivity index (χ1n) is 29.1. The monoisotopic (exact) mass is 1180 g/mol. The Bertz CT molecular complexity index is 3280. The second-order valence-corrected chi connectivity index (χ2v) is 22.4. The van der Waals surface area contributed by atoms with E-state index in [1.165, 1.54) is 45.0 Å². The highest BCUT2D eigenvalue weighted by Gasteiger charge is 2.46. The molecule has 0 saturated carbocycles. The number of H-pyrrole nitrogens is 1. The van der Waals surface area contributed by atoms with Crippen LogP contribution in [0.1, 0.15) is 88.6 Å². The summed E-state index contributed by atoms with van der Waals surface area (Å²) in [4.78, 5) is 144. The van der Waals surface area contributed by atoms with Crippen LogP contribution in [0.25, 0.3) is 10.9 Å². The van der Waals surface area contributed by atoms with Crippen molar-refractivity contribution < 1.29 is 43.5 Å². The smallest absolute Gasteiger partial charge is 0.261 e. The largest absolute Gasteiger partial charge is 0.508 e. The molecule has 26 nitrogen and oxygen atoms in total. The number of phenolic OH excluding ortho intramolecular Hbond substituents is 1. The molecule has 3 heterocycles. The Morgan fingerprint density at radius 1 is 0.767 bits per heavy atom. The second kappa shape index (κ2) is 29.9. The van der Waals surface area contributed by atoms with Crippen LogP contribution in [0.2, 0.25) is 0 Å². The normalized spacial score (nSPS) is 15.2. The zero-order chi connectivity index (χ0) is 62.1. The average molecular weight is 1190 g/mol. The van der Waals surface area contributed by atoms with Crippen LogP contribution in [0, 0.1) is 5.92 Å². The Morgan fingerprint density at radius 2 is 1.41 bits per heavy atom. The maximum atomic E-state index is 14.5. The number of likely N-dealkylation sites (N-methyl/N-ethyl adjacent to an activating group) is 1. The number of amides is 8. The maximum Gasteiger partial charge on any atom is 0.261 e. The molecule has 1 saturated heterocycles. The van der Waals surface area contributed by atoms with Crippen molar-refractivity contribution in [3.8, 4) is 5.75 Å². The van der Waals surface area contributed by atoms with Crippen molar-refractivity contribution in [2.24, 2.45) is 22.4 Å². The molecule has 3 aromatic carbocycles. The van der Waals surface area contributed by atoms with Gasteiger partial charge in [0.1, 0.15) is 48.0 Å². The number of hydrogen-bond acceptors (Lipinski definition) is 14. The van der Waals surface area contributed by atoms with E-state index in [9.17, 15) is 48.3 Å². The average Bonchev–Trinajstić information content (AvgIpc) is 2.37. The predicted octanol–water partition coefficient (Wildman–Crippen LogP) is 0.0928. The summed E-state index contributed by atoms with van der Waals surface area (Å²) in [5.41, 5.74) is 13.4. The van der Waals surface area contributed by atoms with Crippen LogP contribution < -0.4 is 59.1 Å². The van der Waals surface area contributed by atoms with Crippen molar-refractivity contribution in [3.63, 3.8) is 0 Å². The summed E-state index contributed by atoms with van der Waals surface area (Å²) in [6.45, 7) is 8.14. The van der Waals surface area contributed by atoms with Crippen LogP contribution in [0.15, 0.2) is 95.4 Å². The van der Waals surface area contributed by atoms with Crippen LogP contribution in [0.4, 0.5) is 5.69 Å². The van der Waals surface area contributed by atoms with E-state index in [1.54, 1.807) is 29.2 Å². The number of nitrogens with zero attached hydrogens (tertiary/aromatic N) is 6. The van der Waals surface area contributed by atoms with Crippen LogP contribution in [-0.2, 0) is 70.6 Å². The molecule has 5 atom stereocenters. The molecular weight excluding hydrogens is 1100 g/mol. The Kier molecular flexibility index (Phi) is 22.4. The van der Waals surface area contributed by atoms with Gasteiger partial charge >= 0.3 is 0 Å². The lowest BCUT2D eigenvalue weighted by atomic mass is 9.93. The molecule has 8 amide bonds. The second-order valence-electron chi connectivity index (χ2n) is 22.4. The number of aromatic hydroxyl groups is 1. The number of guanidine groups is 1. The summed E-state index contributed by atoms with van der Waals surface area (Å²) in [7, 11) is 1.45. The lowest BCUT2D eigenvalue weighted by molar-refractivity contribution is -0.139. The van der Waals surface area contributed by atoms with E-state index in [0.717, 1.165) is 22.1 Å². The molecule has 86 heavy (non-hydrogen) atoms. The van der Waals surface area contributed by atoms with Crippen LogP contribution >= 0.6 is 0 Å². The Balaban J connectivity index is 1.04. The van der Waals surface area contributed by atoms with Crippen molar-refractivity contribution in [2.45, 2.75) is 134 Å². The number of imidazole rings is 1. The van der Waals surface area contributed by atoms with E-state index >= 15 is 0 Å². The number of nitrogens with two attached hydrogens (primary N) is 2.